The van der Waals surface area contributed by atoms with Crippen LogP contribution in [0.1, 0.15) is 36.0 Å². The molecule has 108 valence electrons. The molecule has 2 saturated carbocycles. The summed E-state index contributed by atoms with van der Waals surface area (Å²) < 4.78 is 0.969. The monoisotopic (exact) mass is 403 g/mol. The van der Waals surface area contributed by atoms with E-state index in [1.807, 2.05) is 24.1 Å². The van der Waals surface area contributed by atoms with Crippen LogP contribution in [0.25, 0.3) is 0 Å². The van der Waals surface area contributed by atoms with E-state index in [4.69, 9.17) is 11.6 Å². The maximum atomic E-state index is 12.6. The Morgan fingerprint density at radius 2 is 2.20 bits per heavy atom. The zero-order valence-electron chi connectivity index (χ0n) is 11.6. The molecule has 0 heterocycles. The largest absolute Gasteiger partial charge is 0.341 e. The predicted octanol–water partition coefficient (Wildman–Crippen LogP) is 4.45. The minimum atomic E-state index is 0.0969. The summed E-state index contributed by atoms with van der Waals surface area (Å²) in [5.74, 6) is 2.59. The van der Waals surface area contributed by atoms with Crippen LogP contribution in [0.15, 0.2) is 18.2 Å². The van der Waals surface area contributed by atoms with Crippen molar-refractivity contribution in [2.75, 3.05) is 13.6 Å². The molecular weight excluding hydrogens is 385 g/mol. The maximum absolute atomic E-state index is 12.6. The summed E-state index contributed by atoms with van der Waals surface area (Å²) in [7, 11) is 1.92. The number of hydrogen-bond acceptors (Lipinski definition) is 1. The molecule has 1 aromatic carbocycles. The molecular formula is C16H19ClINO. The van der Waals surface area contributed by atoms with E-state index in [9.17, 15) is 4.79 Å². The Labute approximate surface area is 139 Å². The van der Waals surface area contributed by atoms with Crippen LogP contribution in [-0.2, 0) is 0 Å². The molecule has 0 aromatic heterocycles. The molecule has 2 aliphatic carbocycles. The van der Waals surface area contributed by atoms with Gasteiger partial charge < -0.3 is 4.90 Å². The Morgan fingerprint density at radius 3 is 2.85 bits per heavy atom. The van der Waals surface area contributed by atoms with Crippen molar-refractivity contribution in [3.8, 4) is 0 Å². The molecule has 1 amide bonds. The van der Waals surface area contributed by atoms with Crippen molar-refractivity contribution in [2.45, 2.75) is 25.7 Å². The molecule has 0 aliphatic heterocycles. The summed E-state index contributed by atoms with van der Waals surface area (Å²) in [5, 5.41) is 0.627. The zero-order chi connectivity index (χ0) is 14.3. The molecule has 20 heavy (non-hydrogen) atoms. The van der Waals surface area contributed by atoms with Gasteiger partial charge >= 0.3 is 0 Å². The van der Waals surface area contributed by atoms with E-state index < -0.39 is 0 Å². The summed E-state index contributed by atoms with van der Waals surface area (Å²) in [6.07, 6.45) is 5.48. The van der Waals surface area contributed by atoms with Crippen LogP contribution in [-0.4, -0.2) is 24.4 Å². The maximum Gasteiger partial charge on any atom is 0.254 e. The third-order valence-electron chi connectivity index (χ3n) is 4.90. The molecule has 3 unspecified atom stereocenters. The lowest BCUT2D eigenvalue weighted by Gasteiger charge is -2.27. The summed E-state index contributed by atoms with van der Waals surface area (Å²) in [4.78, 5) is 14.5. The highest BCUT2D eigenvalue weighted by Crippen LogP contribution is 2.48. The number of amides is 1. The van der Waals surface area contributed by atoms with Gasteiger partial charge in [-0.3, -0.25) is 4.79 Å². The fourth-order valence-electron chi connectivity index (χ4n) is 3.90. The smallest absolute Gasteiger partial charge is 0.254 e. The minimum Gasteiger partial charge on any atom is -0.341 e. The molecule has 3 rings (SSSR count). The predicted molar refractivity (Wildman–Crippen MR) is 90.1 cm³/mol. The second kappa shape index (κ2) is 5.84. The van der Waals surface area contributed by atoms with Crippen LogP contribution in [0.3, 0.4) is 0 Å². The van der Waals surface area contributed by atoms with Gasteiger partial charge in [0.2, 0.25) is 0 Å². The normalized spacial score (nSPS) is 27.9. The van der Waals surface area contributed by atoms with Crippen LogP contribution < -0.4 is 0 Å². The van der Waals surface area contributed by atoms with E-state index in [-0.39, 0.29) is 5.91 Å². The van der Waals surface area contributed by atoms with Gasteiger partial charge in [-0.2, -0.15) is 0 Å². The van der Waals surface area contributed by atoms with Gasteiger partial charge in [-0.05, 0) is 77.8 Å². The Balaban J connectivity index is 1.69. The summed E-state index contributed by atoms with van der Waals surface area (Å²) in [6, 6.07) is 5.51. The molecule has 2 bridgehead atoms. The van der Waals surface area contributed by atoms with Gasteiger partial charge in [0.15, 0.2) is 0 Å². The first-order chi connectivity index (χ1) is 9.54. The van der Waals surface area contributed by atoms with Crippen LogP contribution in [0.5, 0.6) is 0 Å². The van der Waals surface area contributed by atoms with Crippen molar-refractivity contribution in [3.05, 3.63) is 32.4 Å². The summed E-state index contributed by atoms with van der Waals surface area (Å²) in [5.41, 5.74) is 0.726. The quantitative estimate of drug-likeness (QED) is 0.683. The molecule has 0 spiro atoms. The van der Waals surface area contributed by atoms with Crippen molar-refractivity contribution in [3.63, 3.8) is 0 Å². The Hall–Kier alpha value is -0.290. The van der Waals surface area contributed by atoms with Crippen LogP contribution >= 0.6 is 34.2 Å². The average Bonchev–Trinajstić information content (AvgIpc) is 3.03. The topological polar surface area (TPSA) is 20.3 Å². The molecule has 0 radical (unpaired) electrons. The first-order valence-corrected chi connectivity index (χ1v) is 8.70. The summed E-state index contributed by atoms with van der Waals surface area (Å²) in [6.45, 7) is 0.891. The number of carbonyl (C=O) groups is 1. The van der Waals surface area contributed by atoms with E-state index in [0.717, 1.165) is 27.5 Å². The molecule has 2 aliphatic rings. The number of rotatable bonds is 3. The third kappa shape index (κ3) is 2.84. The van der Waals surface area contributed by atoms with Crippen LogP contribution in [0, 0.1) is 21.3 Å². The number of fused-ring (bicyclic) bond motifs is 2. The van der Waals surface area contributed by atoms with Gasteiger partial charge in [0.1, 0.15) is 0 Å². The molecule has 4 heteroatoms. The van der Waals surface area contributed by atoms with Crippen LogP contribution in [0.2, 0.25) is 5.02 Å². The highest BCUT2D eigenvalue weighted by atomic mass is 127. The van der Waals surface area contributed by atoms with Crippen molar-refractivity contribution >= 4 is 40.1 Å². The lowest BCUT2D eigenvalue weighted by molar-refractivity contribution is 0.0753. The van der Waals surface area contributed by atoms with Gasteiger partial charge in [-0.15, -0.1) is 0 Å². The standard InChI is InChI=1S/C16H19ClINO/c1-19(9-12-7-10-2-3-11(12)6-10)16(20)14-8-13(17)4-5-15(14)18/h4-5,8,10-12H,2-3,6-7,9H2,1H3. The van der Waals surface area contributed by atoms with Crippen LogP contribution in [0.4, 0.5) is 0 Å². The van der Waals surface area contributed by atoms with Gasteiger partial charge in [-0.1, -0.05) is 18.0 Å². The van der Waals surface area contributed by atoms with Gasteiger partial charge in [-0.25, -0.2) is 0 Å². The molecule has 3 atom stereocenters. The van der Waals surface area contributed by atoms with Crippen molar-refractivity contribution in [1.82, 2.24) is 4.90 Å². The first kappa shape index (κ1) is 14.6. The lowest BCUT2D eigenvalue weighted by Crippen LogP contribution is -2.34. The van der Waals surface area contributed by atoms with E-state index >= 15 is 0 Å². The van der Waals surface area contributed by atoms with E-state index in [2.05, 4.69) is 22.6 Å². The van der Waals surface area contributed by atoms with Gasteiger partial charge in [0, 0.05) is 22.2 Å². The number of hydrogen-bond donors (Lipinski definition) is 0. The number of nitrogens with zero attached hydrogens (tertiary/aromatic N) is 1. The van der Waals surface area contributed by atoms with Crippen molar-refractivity contribution in [1.29, 1.82) is 0 Å². The third-order valence-corrected chi connectivity index (χ3v) is 6.07. The molecule has 2 fully saturated rings. The SMILES string of the molecule is CN(CC1CC2CCC1C2)C(=O)c1cc(Cl)ccc1I. The fourth-order valence-corrected chi connectivity index (χ4v) is 4.64. The summed E-state index contributed by atoms with van der Waals surface area (Å²) >= 11 is 8.22. The molecule has 2 nitrogen and oxygen atoms in total. The van der Waals surface area contributed by atoms with E-state index in [1.54, 1.807) is 6.07 Å². The molecule has 0 N–H and O–H groups in total. The fraction of sp³-hybridized carbons (Fsp3) is 0.562. The van der Waals surface area contributed by atoms with E-state index in [1.165, 1.54) is 25.7 Å². The van der Waals surface area contributed by atoms with E-state index in [0.29, 0.717) is 10.9 Å². The molecule has 0 saturated heterocycles. The Kier molecular flexibility index (Phi) is 4.27. The second-order valence-corrected chi connectivity index (χ2v) is 7.84. The van der Waals surface area contributed by atoms with Gasteiger partial charge in [0.25, 0.3) is 5.91 Å². The average molecular weight is 404 g/mol. The molecule has 1 aromatic rings. The second-order valence-electron chi connectivity index (χ2n) is 6.24. The highest BCUT2D eigenvalue weighted by molar-refractivity contribution is 14.1. The number of benzene rings is 1. The zero-order valence-corrected chi connectivity index (χ0v) is 14.5. The Morgan fingerprint density at radius 1 is 1.40 bits per heavy atom. The Bertz CT molecular complexity index is 533. The lowest BCUT2D eigenvalue weighted by atomic mass is 9.88. The number of carbonyl (C=O) groups excluding carboxylic acids is 1. The number of halogens is 2. The highest BCUT2D eigenvalue weighted by Gasteiger charge is 2.40. The first-order valence-electron chi connectivity index (χ1n) is 7.25. The van der Waals surface area contributed by atoms with Crippen molar-refractivity contribution in [2.24, 2.45) is 17.8 Å². The van der Waals surface area contributed by atoms with Crippen molar-refractivity contribution < 1.29 is 4.79 Å². The van der Waals surface area contributed by atoms with Gasteiger partial charge in [0.05, 0.1) is 5.56 Å². The minimum absolute atomic E-state index is 0.0969.